The molecule has 1 amide bonds. The van der Waals surface area contributed by atoms with Gasteiger partial charge in [0.1, 0.15) is 6.33 Å². The average Bonchev–Trinajstić information content (AvgIpc) is 3.33. The molecule has 9 nitrogen and oxygen atoms in total. The Morgan fingerprint density at radius 3 is 2.86 bits per heavy atom. The second-order valence-electron chi connectivity index (χ2n) is 5.57. The van der Waals surface area contributed by atoms with Crippen molar-refractivity contribution >= 4 is 50.0 Å². The van der Waals surface area contributed by atoms with Crippen LogP contribution in [0.5, 0.6) is 0 Å². The van der Waals surface area contributed by atoms with Crippen LogP contribution in [0, 0.1) is 10.1 Å². The lowest BCUT2D eigenvalue weighted by Crippen LogP contribution is -2.13. The van der Waals surface area contributed by atoms with Gasteiger partial charge in [-0.05, 0) is 18.2 Å². The Kier molecular flexibility index (Phi) is 5.00. The summed E-state index contributed by atoms with van der Waals surface area (Å²) in [7, 11) is 0. The molecule has 0 aliphatic carbocycles. The van der Waals surface area contributed by atoms with E-state index < -0.39 is 4.92 Å². The molecule has 4 aromatic rings. The number of carbonyl (C=O) groups is 1. The van der Waals surface area contributed by atoms with Crippen molar-refractivity contribution in [2.45, 2.75) is 5.16 Å². The third kappa shape index (κ3) is 4.00. The van der Waals surface area contributed by atoms with Crippen molar-refractivity contribution in [3.05, 3.63) is 65.0 Å². The largest absolute Gasteiger partial charge is 0.301 e. The van der Waals surface area contributed by atoms with Crippen LogP contribution < -0.4 is 5.32 Å². The molecule has 0 aliphatic heterocycles. The lowest BCUT2D eigenvalue weighted by Gasteiger charge is -1.99. The van der Waals surface area contributed by atoms with E-state index in [2.05, 4.69) is 20.4 Å². The maximum absolute atomic E-state index is 12.2. The Morgan fingerprint density at radius 1 is 1.25 bits per heavy atom. The summed E-state index contributed by atoms with van der Waals surface area (Å²) in [5.41, 5.74) is 1.33. The summed E-state index contributed by atoms with van der Waals surface area (Å²) in [4.78, 5) is 31.0. The van der Waals surface area contributed by atoms with Gasteiger partial charge in [0.25, 0.3) is 5.69 Å². The molecule has 4 rings (SSSR count). The number of benzene rings is 2. The monoisotopic (exact) mass is 412 g/mol. The zero-order valence-electron chi connectivity index (χ0n) is 14.2. The second kappa shape index (κ2) is 7.74. The number of nitrogens with one attached hydrogen (secondary N) is 1. The molecule has 0 saturated carbocycles. The van der Waals surface area contributed by atoms with E-state index in [0.717, 1.165) is 10.4 Å². The smallest absolute Gasteiger partial charge is 0.271 e. The van der Waals surface area contributed by atoms with E-state index in [1.54, 1.807) is 17.1 Å². The Balaban J connectivity index is 1.38. The number of hydrogen-bond donors (Lipinski definition) is 1. The number of nitro benzene ring substituents is 1. The summed E-state index contributed by atoms with van der Waals surface area (Å²) in [6.07, 6.45) is 1.59. The highest BCUT2D eigenvalue weighted by Crippen LogP contribution is 2.29. The number of aromatic nitrogens is 4. The van der Waals surface area contributed by atoms with E-state index in [-0.39, 0.29) is 17.3 Å². The number of thiazole rings is 1. The summed E-state index contributed by atoms with van der Waals surface area (Å²) in [5.74, 6) is -0.135. The molecular formula is C17H12N6O3S2. The molecule has 1 N–H and O–H groups in total. The Morgan fingerprint density at radius 2 is 2.07 bits per heavy atom. The molecule has 0 saturated heterocycles. The number of nitrogens with zero attached hydrogens (tertiary/aromatic N) is 5. The van der Waals surface area contributed by atoms with Crippen molar-refractivity contribution in [1.82, 2.24) is 19.7 Å². The topological polar surface area (TPSA) is 116 Å². The number of non-ortho nitro benzene ring substituents is 1. The predicted octanol–water partition coefficient (Wildman–Crippen LogP) is 3.52. The van der Waals surface area contributed by atoms with Gasteiger partial charge in [0, 0.05) is 12.1 Å². The first-order valence-electron chi connectivity index (χ1n) is 8.03. The first kappa shape index (κ1) is 18.1. The molecule has 140 valence electrons. The zero-order chi connectivity index (χ0) is 19.5. The second-order valence-corrected chi connectivity index (χ2v) is 7.55. The van der Waals surface area contributed by atoms with Crippen molar-refractivity contribution in [3.63, 3.8) is 0 Å². The molecule has 0 unspecified atom stereocenters. The average molecular weight is 412 g/mol. The minimum atomic E-state index is -0.477. The maximum Gasteiger partial charge on any atom is 0.271 e. The number of hydrogen-bond acceptors (Lipinski definition) is 8. The van der Waals surface area contributed by atoms with E-state index in [4.69, 9.17) is 0 Å². The normalized spacial score (nSPS) is 10.9. The number of thioether (sulfide) groups is 1. The molecule has 0 aliphatic rings. The summed E-state index contributed by atoms with van der Waals surface area (Å²) >= 11 is 2.47. The molecule has 0 radical (unpaired) electrons. The molecule has 0 spiro atoms. The third-order valence-electron chi connectivity index (χ3n) is 3.65. The van der Waals surface area contributed by atoms with Gasteiger partial charge < -0.3 is 5.32 Å². The van der Waals surface area contributed by atoms with Gasteiger partial charge in [-0.15, -0.1) is 5.10 Å². The maximum atomic E-state index is 12.2. The number of nitro groups is 1. The van der Waals surface area contributed by atoms with Gasteiger partial charge in [0.05, 0.1) is 26.6 Å². The van der Waals surface area contributed by atoms with E-state index in [9.17, 15) is 14.9 Å². The van der Waals surface area contributed by atoms with Crippen LogP contribution in [0.4, 0.5) is 10.8 Å². The first-order chi connectivity index (χ1) is 13.6. The first-order valence-corrected chi connectivity index (χ1v) is 9.83. The van der Waals surface area contributed by atoms with Crippen molar-refractivity contribution in [2.24, 2.45) is 0 Å². The SMILES string of the molecule is O=C(CSc1ncn(-c2ccccc2)n1)Nc1nc2cc([N+](=O)[O-])ccc2s1. The fourth-order valence-electron chi connectivity index (χ4n) is 2.39. The molecule has 2 aromatic heterocycles. The molecule has 2 aromatic carbocycles. The molecule has 2 heterocycles. The van der Waals surface area contributed by atoms with Crippen molar-refractivity contribution in [1.29, 1.82) is 0 Å². The van der Waals surface area contributed by atoms with E-state index in [0.29, 0.717) is 15.8 Å². The van der Waals surface area contributed by atoms with Crippen molar-refractivity contribution < 1.29 is 9.72 Å². The van der Waals surface area contributed by atoms with Crippen LogP contribution in [0.25, 0.3) is 15.9 Å². The van der Waals surface area contributed by atoms with Crippen LogP contribution in [0.15, 0.2) is 60.0 Å². The standard InChI is InChI=1S/C17H12N6O3S2/c24-15(9-27-16-18-10-22(21-16)11-4-2-1-3-5-11)20-17-19-13-8-12(23(25)26)6-7-14(13)28-17/h1-8,10H,9H2,(H,19,20,24). The third-order valence-corrected chi connectivity index (χ3v) is 5.46. The van der Waals surface area contributed by atoms with Gasteiger partial charge in [0.15, 0.2) is 5.13 Å². The Hall–Kier alpha value is -3.31. The highest BCUT2D eigenvalue weighted by atomic mass is 32.2. The van der Waals surface area contributed by atoms with Gasteiger partial charge in [0.2, 0.25) is 11.1 Å². The lowest BCUT2D eigenvalue weighted by atomic mass is 10.3. The van der Waals surface area contributed by atoms with Gasteiger partial charge in [-0.1, -0.05) is 41.3 Å². The lowest BCUT2D eigenvalue weighted by molar-refractivity contribution is -0.384. The molecule has 0 fully saturated rings. The van der Waals surface area contributed by atoms with Crippen molar-refractivity contribution in [3.8, 4) is 5.69 Å². The van der Waals surface area contributed by atoms with Crippen LogP contribution in [0.2, 0.25) is 0 Å². The minimum Gasteiger partial charge on any atom is -0.301 e. The van der Waals surface area contributed by atoms with Crippen LogP contribution in [-0.2, 0) is 4.79 Å². The highest BCUT2D eigenvalue weighted by Gasteiger charge is 2.13. The Bertz CT molecular complexity index is 1160. The van der Waals surface area contributed by atoms with Gasteiger partial charge in [-0.2, -0.15) is 0 Å². The number of para-hydroxylation sites is 1. The molecular weight excluding hydrogens is 400 g/mol. The van der Waals surface area contributed by atoms with Gasteiger partial charge >= 0.3 is 0 Å². The molecule has 28 heavy (non-hydrogen) atoms. The summed E-state index contributed by atoms with van der Waals surface area (Å²) in [6, 6.07) is 14.0. The van der Waals surface area contributed by atoms with Crippen LogP contribution in [0.1, 0.15) is 0 Å². The van der Waals surface area contributed by atoms with Crippen LogP contribution in [0.3, 0.4) is 0 Å². The molecule has 11 heteroatoms. The quantitative estimate of drug-likeness (QED) is 0.293. The predicted molar refractivity (Wildman–Crippen MR) is 107 cm³/mol. The summed E-state index contributed by atoms with van der Waals surface area (Å²) < 4.78 is 2.40. The number of anilines is 1. The number of amides is 1. The fourth-order valence-corrected chi connectivity index (χ4v) is 3.85. The van der Waals surface area contributed by atoms with Crippen LogP contribution in [-0.4, -0.2) is 36.3 Å². The van der Waals surface area contributed by atoms with E-state index >= 15 is 0 Å². The number of rotatable bonds is 6. The molecule has 0 atom stereocenters. The number of carbonyl (C=O) groups excluding carboxylic acids is 1. The fraction of sp³-hybridized carbons (Fsp3) is 0.0588. The molecule has 0 bridgehead atoms. The van der Waals surface area contributed by atoms with Gasteiger partial charge in [-0.25, -0.2) is 14.6 Å². The number of fused-ring (bicyclic) bond motifs is 1. The van der Waals surface area contributed by atoms with E-state index in [1.807, 2.05) is 30.3 Å². The summed E-state index contributed by atoms with van der Waals surface area (Å²) in [5, 5.41) is 18.8. The summed E-state index contributed by atoms with van der Waals surface area (Å²) in [6.45, 7) is 0. The zero-order valence-corrected chi connectivity index (χ0v) is 15.8. The highest BCUT2D eigenvalue weighted by molar-refractivity contribution is 7.99. The Labute approximate surface area is 166 Å². The minimum absolute atomic E-state index is 0.0358. The van der Waals surface area contributed by atoms with Gasteiger partial charge in [-0.3, -0.25) is 14.9 Å². The van der Waals surface area contributed by atoms with E-state index in [1.165, 1.54) is 35.2 Å². The van der Waals surface area contributed by atoms with Crippen LogP contribution >= 0.6 is 23.1 Å². The van der Waals surface area contributed by atoms with Crippen molar-refractivity contribution in [2.75, 3.05) is 11.1 Å².